The largest absolute Gasteiger partial charge is 0.355 e. The average Bonchev–Trinajstić information content (AvgIpc) is 2.46. The Morgan fingerprint density at radius 2 is 2.05 bits per heavy atom. The summed E-state index contributed by atoms with van der Waals surface area (Å²) in [5.74, 6) is 0.356. The summed E-state index contributed by atoms with van der Waals surface area (Å²) in [6, 6.07) is 10.5. The van der Waals surface area contributed by atoms with Gasteiger partial charge in [-0.3, -0.25) is 4.79 Å². The van der Waals surface area contributed by atoms with Gasteiger partial charge < -0.3 is 10.6 Å². The molecule has 1 aromatic rings. The maximum atomic E-state index is 12.1. The molecule has 2 rings (SSSR count). The molecule has 0 bridgehead atoms. The van der Waals surface area contributed by atoms with Crippen LogP contribution >= 0.6 is 12.4 Å². The van der Waals surface area contributed by atoms with Gasteiger partial charge in [-0.15, -0.1) is 12.4 Å². The maximum Gasteiger partial charge on any atom is 0.224 e. The average molecular weight is 311 g/mol. The number of hydrogen-bond acceptors (Lipinski definition) is 2. The highest BCUT2D eigenvalue weighted by molar-refractivity contribution is 5.85. The van der Waals surface area contributed by atoms with Crippen LogP contribution in [0.2, 0.25) is 0 Å². The number of halogens is 1. The Bertz CT molecular complexity index is 428. The summed E-state index contributed by atoms with van der Waals surface area (Å²) in [6.07, 6.45) is 3.10. The van der Waals surface area contributed by atoms with Crippen molar-refractivity contribution in [3.8, 4) is 0 Å². The second-order valence-electron chi connectivity index (χ2n) is 6.59. The van der Waals surface area contributed by atoms with E-state index in [9.17, 15) is 4.79 Å². The monoisotopic (exact) mass is 310 g/mol. The van der Waals surface area contributed by atoms with E-state index in [1.807, 2.05) is 6.07 Å². The molecule has 1 aromatic carbocycles. The Morgan fingerprint density at radius 1 is 1.33 bits per heavy atom. The third-order valence-electron chi connectivity index (χ3n) is 3.93. The van der Waals surface area contributed by atoms with Crippen molar-refractivity contribution in [2.75, 3.05) is 19.6 Å². The Balaban J connectivity index is 0.00000220. The van der Waals surface area contributed by atoms with Gasteiger partial charge in [0.15, 0.2) is 0 Å². The number of piperidine rings is 1. The van der Waals surface area contributed by atoms with Gasteiger partial charge in [-0.1, -0.05) is 44.2 Å². The second-order valence-corrected chi connectivity index (χ2v) is 6.59. The molecule has 2 N–H and O–H groups in total. The molecular formula is C17H27ClN2O. The molecule has 4 heteroatoms. The molecule has 1 heterocycles. The third-order valence-corrected chi connectivity index (χ3v) is 3.93. The van der Waals surface area contributed by atoms with E-state index in [0.29, 0.717) is 0 Å². The van der Waals surface area contributed by atoms with Crippen LogP contribution in [0.3, 0.4) is 0 Å². The minimum Gasteiger partial charge on any atom is -0.355 e. The number of rotatable bonds is 5. The zero-order valence-corrected chi connectivity index (χ0v) is 13.8. The smallest absolute Gasteiger partial charge is 0.224 e. The fourth-order valence-corrected chi connectivity index (χ4v) is 2.76. The van der Waals surface area contributed by atoms with E-state index in [1.165, 1.54) is 5.56 Å². The molecule has 1 aliphatic rings. The molecule has 118 valence electrons. The van der Waals surface area contributed by atoms with E-state index in [0.717, 1.165) is 38.9 Å². The second kappa shape index (κ2) is 8.40. The van der Waals surface area contributed by atoms with Crippen LogP contribution in [0.25, 0.3) is 0 Å². The first-order valence-electron chi connectivity index (χ1n) is 7.59. The number of amides is 1. The molecular weight excluding hydrogens is 284 g/mol. The standard InChI is InChI=1S/C17H26N2O.ClH/c1-17(2,11-14-7-4-3-5-8-14)13-19-16(20)15-9-6-10-18-12-15;/h3-5,7-8,15,18H,6,9-13H2,1-2H3,(H,19,20);1H. The van der Waals surface area contributed by atoms with Crippen LogP contribution in [-0.4, -0.2) is 25.5 Å². The fourth-order valence-electron chi connectivity index (χ4n) is 2.76. The molecule has 1 fully saturated rings. The molecule has 0 aromatic heterocycles. The Labute approximate surface area is 134 Å². The highest BCUT2D eigenvalue weighted by atomic mass is 35.5. The normalized spacial score (nSPS) is 18.7. The van der Waals surface area contributed by atoms with Gasteiger partial charge >= 0.3 is 0 Å². The van der Waals surface area contributed by atoms with Crippen LogP contribution in [0.15, 0.2) is 30.3 Å². The molecule has 21 heavy (non-hydrogen) atoms. The van der Waals surface area contributed by atoms with Crippen molar-refractivity contribution in [2.24, 2.45) is 11.3 Å². The highest BCUT2D eigenvalue weighted by Crippen LogP contribution is 2.21. The topological polar surface area (TPSA) is 41.1 Å². The third kappa shape index (κ3) is 6.06. The SMILES string of the molecule is CC(C)(CNC(=O)C1CCCNC1)Cc1ccccc1.Cl. The molecule has 1 amide bonds. The molecule has 0 radical (unpaired) electrons. The number of benzene rings is 1. The molecule has 0 aliphatic carbocycles. The summed E-state index contributed by atoms with van der Waals surface area (Å²) in [7, 11) is 0. The summed E-state index contributed by atoms with van der Waals surface area (Å²) in [4.78, 5) is 12.1. The van der Waals surface area contributed by atoms with Crippen LogP contribution in [0, 0.1) is 11.3 Å². The van der Waals surface area contributed by atoms with Crippen molar-refractivity contribution in [3.05, 3.63) is 35.9 Å². The molecule has 3 nitrogen and oxygen atoms in total. The molecule has 0 spiro atoms. The summed E-state index contributed by atoms with van der Waals surface area (Å²) >= 11 is 0. The van der Waals surface area contributed by atoms with Crippen molar-refractivity contribution in [1.29, 1.82) is 0 Å². The summed E-state index contributed by atoms with van der Waals surface area (Å²) in [6.45, 7) is 7.02. The lowest BCUT2D eigenvalue weighted by Gasteiger charge is -2.28. The van der Waals surface area contributed by atoms with E-state index < -0.39 is 0 Å². The molecule has 0 saturated carbocycles. The number of nitrogens with one attached hydrogen (secondary N) is 2. The first-order valence-corrected chi connectivity index (χ1v) is 7.59. The van der Waals surface area contributed by atoms with Crippen LogP contribution in [0.4, 0.5) is 0 Å². The van der Waals surface area contributed by atoms with Crippen molar-refractivity contribution < 1.29 is 4.79 Å². The number of carbonyl (C=O) groups excluding carboxylic acids is 1. The predicted molar refractivity (Wildman–Crippen MR) is 89.8 cm³/mol. The Morgan fingerprint density at radius 3 is 2.67 bits per heavy atom. The first kappa shape index (κ1) is 18.0. The molecule has 1 unspecified atom stereocenters. The lowest BCUT2D eigenvalue weighted by atomic mass is 9.85. The molecule has 1 saturated heterocycles. The van der Waals surface area contributed by atoms with Crippen LogP contribution in [0.1, 0.15) is 32.3 Å². The first-order chi connectivity index (χ1) is 9.57. The van der Waals surface area contributed by atoms with Gasteiger partial charge in [0.05, 0.1) is 5.92 Å². The highest BCUT2D eigenvalue weighted by Gasteiger charge is 2.24. The van der Waals surface area contributed by atoms with Gasteiger partial charge in [0, 0.05) is 13.1 Å². The molecule has 1 atom stereocenters. The van der Waals surface area contributed by atoms with Crippen LogP contribution < -0.4 is 10.6 Å². The van der Waals surface area contributed by atoms with E-state index in [4.69, 9.17) is 0 Å². The quantitative estimate of drug-likeness (QED) is 0.878. The van der Waals surface area contributed by atoms with Gasteiger partial charge in [0.2, 0.25) is 5.91 Å². The van der Waals surface area contributed by atoms with E-state index >= 15 is 0 Å². The van der Waals surface area contributed by atoms with Crippen molar-refractivity contribution in [1.82, 2.24) is 10.6 Å². The zero-order valence-electron chi connectivity index (χ0n) is 13.0. The van der Waals surface area contributed by atoms with E-state index in [1.54, 1.807) is 0 Å². The molecule has 1 aliphatic heterocycles. The number of carbonyl (C=O) groups is 1. The number of hydrogen-bond donors (Lipinski definition) is 2. The lowest BCUT2D eigenvalue weighted by molar-refractivity contribution is -0.125. The van der Waals surface area contributed by atoms with Gasteiger partial charge in [-0.25, -0.2) is 0 Å². The fraction of sp³-hybridized carbons (Fsp3) is 0.588. The minimum atomic E-state index is 0. The Kier molecular flexibility index (Phi) is 7.20. The summed E-state index contributed by atoms with van der Waals surface area (Å²) in [5, 5.41) is 6.43. The lowest BCUT2D eigenvalue weighted by Crippen LogP contribution is -2.43. The summed E-state index contributed by atoms with van der Waals surface area (Å²) < 4.78 is 0. The minimum absolute atomic E-state index is 0. The van der Waals surface area contributed by atoms with Gasteiger partial charge in [0.1, 0.15) is 0 Å². The Hall–Kier alpha value is -1.06. The van der Waals surface area contributed by atoms with Crippen LogP contribution in [0.5, 0.6) is 0 Å². The van der Waals surface area contributed by atoms with Gasteiger partial charge in [0.25, 0.3) is 0 Å². The van der Waals surface area contributed by atoms with Gasteiger partial charge in [-0.05, 0) is 36.8 Å². The maximum absolute atomic E-state index is 12.1. The predicted octanol–water partition coefficient (Wildman–Crippen LogP) is 2.79. The van der Waals surface area contributed by atoms with Crippen molar-refractivity contribution in [2.45, 2.75) is 33.1 Å². The van der Waals surface area contributed by atoms with Crippen LogP contribution in [-0.2, 0) is 11.2 Å². The van der Waals surface area contributed by atoms with Crippen molar-refractivity contribution in [3.63, 3.8) is 0 Å². The zero-order chi connectivity index (χ0) is 14.4. The van der Waals surface area contributed by atoms with E-state index in [2.05, 4.69) is 48.7 Å². The van der Waals surface area contributed by atoms with Crippen molar-refractivity contribution >= 4 is 18.3 Å². The van der Waals surface area contributed by atoms with E-state index in [-0.39, 0.29) is 29.6 Å². The van der Waals surface area contributed by atoms with Gasteiger partial charge in [-0.2, -0.15) is 0 Å². The summed E-state index contributed by atoms with van der Waals surface area (Å²) in [5.41, 5.74) is 1.41.